The molecule has 2 rings (SSSR count). The second-order valence-electron chi connectivity index (χ2n) is 3.54. The average Bonchev–Trinajstić information content (AvgIpc) is 2.83. The van der Waals surface area contributed by atoms with Crippen LogP contribution in [-0.4, -0.2) is 20.7 Å². The highest BCUT2D eigenvalue weighted by molar-refractivity contribution is 5.90. The minimum absolute atomic E-state index is 0.137. The predicted octanol–water partition coefficient (Wildman–Crippen LogP) is 1.59. The monoisotopic (exact) mass is 252 g/mol. The van der Waals surface area contributed by atoms with Gasteiger partial charge in [0.1, 0.15) is 0 Å². The van der Waals surface area contributed by atoms with Crippen LogP contribution in [-0.2, 0) is 11.3 Å². The minimum atomic E-state index is -1.04. The van der Waals surface area contributed by atoms with Gasteiger partial charge in [0, 0.05) is 25.4 Å². The maximum Gasteiger partial charge on any atom is 0.239 e. The molecule has 0 aliphatic carbocycles. The van der Waals surface area contributed by atoms with Gasteiger partial charge >= 0.3 is 0 Å². The highest BCUT2D eigenvalue weighted by Crippen LogP contribution is 2.11. The zero-order valence-electron chi connectivity index (χ0n) is 9.31. The van der Waals surface area contributed by atoms with E-state index in [9.17, 15) is 13.6 Å². The number of halogens is 2. The van der Waals surface area contributed by atoms with E-state index in [4.69, 9.17) is 0 Å². The van der Waals surface area contributed by atoms with Crippen LogP contribution in [0.3, 0.4) is 0 Å². The Morgan fingerprint density at radius 2 is 2.22 bits per heavy atom. The van der Waals surface area contributed by atoms with Gasteiger partial charge in [-0.05, 0) is 18.2 Å². The van der Waals surface area contributed by atoms with Gasteiger partial charge in [-0.3, -0.25) is 9.48 Å². The van der Waals surface area contributed by atoms with Crippen LogP contribution in [0.4, 0.5) is 14.5 Å². The van der Waals surface area contributed by atoms with Gasteiger partial charge in [0.25, 0.3) is 0 Å². The summed E-state index contributed by atoms with van der Waals surface area (Å²) < 4.78 is 27.3. The van der Waals surface area contributed by atoms with Gasteiger partial charge in [-0.2, -0.15) is 18.9 Å². The van der Waals surface area contributed by atoms with Gasteiger partial charge in [-0.1, -0.05) is 0 Å². The zero-order valence-corrected chi connectivity index (χ0v) is 9.31. The number of carbonyl (C=O) groups is 1. The molecule has 7 heteroatoms. The molecular formula is C11H10F2N4O. The van der Waals surface area contributed by atoms with Crippen molar-refractivity contribution < 1.29 is 13.6 Å². The van der Waals surface area contributed by atoms with E-state index in [1.54, 1.807) is 23.1 Å². The Bertz CT molecular complexity index is 542. The molecule has 94 valence electrons. The summed E-state index contributed by atoms with van der Waals surface area (Å²) in [5.41, 5.74) is -0.137. The van der Waals surface area contributed by atoms with E-state index in [0.29, 0.717) is 6.54 Å². The van der Waals surface area contributed by atoms with Crippen molar-refractivity contribution in [3.8, 4) is 0 Å². The summed E-state index contributed by atoms with van der Waals surface area (Å²) in [6.07, 6.45) is 3.45. The van der Waals surface area contributed by atoms with Crippen molar-refractivity contribution in [2.75, 3.05) is 5.32 Å². The normalized spacial score (nSPS) is 10.3. The number of nitrogens with zero attached hydrogens (tertiary/aromatic N) is 3. The van der Waals surface area contributed by atoms with Crippen molar-refractivity contribution in [2.24, 2.45) is 0 Å². The Morgan fingerprint density at radius 1 is 1.39 bits per heavy atom. The highest BCUT2D eigenvalue weighted by atomic mass is 19.1. The third-order valence-corrected chi connectivity index (χ3v) is 2.22. The van der Waals surface area contributed by atoms with E-state index in [2.05, 4.69) is 15.4 Å². The summed E-state index contributed by atoms with van der Waals surface area (Å²) in [5, 5.41) is 6.24. The quantitative estimate of drug-likeness (QED) is 0.840. The zero-order chi connectivity index (χ0) is 13.0. The smallest absolute Gasteiger partial charge is 0.239 e. The number of hydrogen-bond acceptors (Lipinski definition) is 3. The number of rotatable bonds is 4. The van der Waals surface area contributed by atoms with E-state index in [1.807, 2.05) is 0 Å². The van der Waals surface area contributed by atoms with Gasteiger partial charge in [0.2, 0.25) is 17.8 Å². The lowest BCUT2D eigenvalue weighted by atomic mass is 10.3. The summed E-state index contributed by atoms with van der Waals surface area (Å²) in [7, 11) is 0. The molecule has 18 heavy (non-hydrogen) atoms. The molecule has 0 aliphatic heterocycles. The lowest BCUT2D eigenvalue weighted by molar-refractivity contribution is -0.116. The first-order chi connectivity index (χ1) is 8.65. The molecule has 0 saturated carbocycles. The first-order valence-corrected chi connectivity index (χ1v) is 5.24. The van der Waals surface area contributed by atoms with Gasteiger partial charge in [0.05, 0.1) is 5.69 Å². The van der Waals surface area contributed by atoms with Crippen LogP contribution in [0.25, 0.3) is 0 Å². The fourth-order valence-corrected chi connectivity index (χ4v) is 1.37. The molecule has 0 saturated heterocycles. The van der Waals surface area contributed by atoms with Gasteiger partial charge in [0.15, 0.2) is 0 Å². The Hall–Kier alpha value is -2.31. The van der Waals surface area contributed by atoms with E-state index in [0.717, 1.165) is 12.1 Å². The molecule has 0 fully saturated rings. The van der Waals surface area contributed by atoms with Gasteiger partial charge in [-0.25, -0.2) is 0 Å². The molecule has 0 unspecified atom stereocenters. The van der Waals surface area contributed by atoms with Crippen LogP contribution in [0, 0.1) is 11.9 Å². The third kappa shape index (κ3) is 3.09. The molecule has 5 nitrogen and oxygen atoms in total. The number of amides is 1. The molecule has 0 radical (unpaired) electrons. The molecule has 2 heterocycles. The van der Waals surface area contributed by atoms with Crippen LogP contribution >= 0.6 is 0 Å². The number of carbonyl (C=O) groups excluding carboxylic acids is 1. The Kier molecular flexibility index (Phi) is 3.61. The Morgan fingerprint density at radius 3 is 2.89 bits per heavy atom. The van der Waals surface area contributed by atoms with Crippen molar-refractivity contribution in [3.63, 3.8) is 0 Å². The molecule has 1 N–H and O–H groups in total. The molecule has 0 bridgehead atoms. The topological polar surface area (TPSA) is 59.8 Å². The van der Waals surface area contributed by atoms with Crippen LogP contribution in [0.1, 0.15) is 6.42 Å². The predicted molar refractivity (Wildman–Crippen MR) is 59.6 cm³/mol. The fourth-order valence-electron chi connectivity index (χ4n) is 1.37. The first kappa shape index (κ1) is 12.2. The van der Waals surface area contributed by atoms with Crippen molar-refractivity contribution in [3.05, 3.63) is 42.5 Å². The molecule has 1 amide bonds. The number of aryl methyl sites for hydroxylation is 1. The summed E-state index contributed by atoms with van der Waals surface area (Å²) in [6, 6.07) is 3.84. The van der Waals surface area contributed by atoms with E-state index in [-0.39, 0.29) is 12.1 Å². The standard InChI is InChI=1S/C11H10F2N4O/c12-9-3-2-8(11(13)16-9)15-10(18)4-7-17-6-1-5-14-17/h1-3,5-6H,4,7H2,(H,15,18). The highest BCUT2D eigenvalue weighted by Gasteiger charge is 2.09. The second-order valence-corrected chi connectivity index (χ2v) is 3.54. The van der Waals surface area contributed by atoms with Crippen molar-refractivity contribution in [1.29, 1.82) is 0 Å². The summed E-state index contributed by atoms with van der Waals surface area (Å²) in [5.74, 6) is -2.36. The second kappa shape index (κ2) is 5.35. The number of aromatic nitrogens is 3. The Labute approximate surface area is 101 Å². The largest absolute Gasteiger partial charge is 0.322 e. The summed E-state index contributed by atoms with van der Waals surface area (Å²) in [6.45, 7) is 0.384. The van der Waals surface area contributed by atoms with Crippen LogP contribution in [0.15, 0.2) is 30.6 Å². The molecule has 0 spiro atoms. The molecule has 0 aliphatic rings. The van der Waals surface area contributed by atoms with Crippen LogP contribution in [0.2, 0.25) is 0 Å². The number of pyridine rings is 1. The summed E-state index contributed by atoms with van der Waals surface area (Å²) in [4.78, 5) is 14.5. The van der Waals surface area contributed by atoms with E-state index < -0.39 is 17.8 Å². The lowest BCUT2D eigenvalue weighted by Gasteiger charge is -2.05. The third-order valence-electron chi connectivity index (χ3n) is 2.22. The van der Waals surface area contributed by atoms with Gasteiger partial charge < -0.3 is 5.32 Å². The fraction of sp³-hybridized carbons (Fsp3) is 0.182. The molecule has 2 aromatic heterocycles. The van der Waals surface area contributed by atoms with Crippen LogP contribution < -0.4 is 5.32 Å². The van der Waals surface area contributed by atoms with E-state index >= 15 is 0 Å². The van der Waals surface area contributed by atoms with E-state index in [1.165, 1.54) is 0 Å². The van der Waals surface area contributed by atoms with Gasteiger partial charge in [-0.15, -0.1) is 0 Å². The maximum atomic E-state index is 13.1. The SMILES string of the molecule is O=C(CCn1cccn1)Nc1ccc(F)nc1F. The molecular weight excluding hydrogens is 242 g/mol. The average molecular weight is 252 g/mol. The molecule has 0 aromatic carbocycles. The van der Waals surface area contributed by atoms with Crippen molar-refractivity contribution >= 4 is 11.6 Å². The number of nitrogens with one attached hydrogen (secondary N) is 1. The minimum Gasteiger partial charge on any atom is -0.322 e. The Balaban J connectivity index is 1.91. The first-order valence-electron chi connectivity index (χ1n) is 5.24. The number of hydrogen-bond donors (Lipinski definition) is 1. The van der Waals surface area contributed by atoms with Crippen molar-refractivity contribution in [2.45, 2.75) is 13.0 Å². The lowest BCUT2D eigenvalue weighted by Crippen LogP contribution is -2.16. The maximum absolute atomic E-state index is 13.1. The molecule has 2 aromatic rings. The summed E-state index contributed by atoms with van der Waals surface area (Å²) >= 11 is 0. The molecule has 0 atom stereocenters. The van der Waals surface area contributed by atoms with Crippen LogP contribution in [0.5, 0.6) is 0 Å². The number of anilines is 1. The van der Waals surface area contributed by atoms with Crippen molar-refractivity contribution in [1.82, 2.24) is 14.8 Å².